The van der Waals surface area contributed by atoms with Gasteiger partial charge in [-0.25, -0.2) is 14.2 Å². The fourth-order valence-corrected chi connectivity index (χ4v) is 2.11. The highest BCUT2D eigenvalue weighted by Gasteiger charge is 2.35. The maximum Gasteiger partial charge on any atom is 0.618 e. The lowest BCUT2D eigenvalue weighted by Crippen LogP contribution is -2.28. The van der Waals surface area contributed by atoms with Gasteiger partial charge in [0.1, 0.15) is 11.8 Å². The van der Waals surface area contributed by atoms with Gasteiger partial charge in [-0.3, -0.25) is 0 Å². The predicted octanol–water partition coefficient (Wildman–Crippen LogP) is 1.95. The standard InChI is InChI=1S/C11H16NO6P/c1-8-4-6-10(7-5-8)16-19(14,18-15-3)17-11(13)9(2)12/h4-7,9H,12H2,1-3H3/t9-,19?/m0/s1. The van der Waals surface area contributed by atoms with Gasteiger partial charge in [-0.2, -0.15) is 0 Å². The third-order valence-corrected chi connectivity index (χ3v) is 3.15. The third kappa shape index (κ3) is 5.00. The van der Waals surface area contributed by atoms with Gasteiger partial charge in [-0.15, -0.1) is 4.67 Å². The number of nitrogens with two attached hydrogens (primary N) is 1. The van der Waals surface area contributed by atoms with Crippen LogP contribution >= 0.6 is 7.82 Å². The molecule has 8 heteroatoms. The lowest BCUT2D eigenvalue weighted by molar-refractivity contribution is -0.198. The molecule has 2 atom stereocenters. The van der Waals surface area contributed by atoms with Crippen molar-refractivity contribution in [3.05, 3.63) is 29.8 Å². The second-order valence-corrected chi connectivity index (χ2v) is 5.20. The Kier molecular flexibility index (Phi) is 5.50. The molecule has 0 radical (unpaired) electrons. The highest BCUT2D eigenvalue weighted by atomic mass is 31.2. The van der Waals surface area contributed by atoms with Gasteiger partial charge in [-0.05, 0) is 26.0 Å². The lowest BCUT2D eigenvalue weighted by atomic mass is 10.2. The Morgan fingerprint density at radius 2 is 1.89 bits per heavy atom. The molecule has 1 aromatic rings. The van der Waals surface area contributed by atoms with Crippen LogP contribution in [0.5, 0.6) is 5.75 Å². The Labute approximate surface area is 111 Å². The number of aryl methyl sites for hydroxylation is 1. The number of benzene rings is 1. The average molecular weight is 289 g/mol. The molecule has 0 amide bonds. The van der Waals surface area contributed by atoms with Crippen LogP contribution in [0.2, 0.25) is 0 Å². The quantitative estimate of drug-likeness (QED) is 0.485. The molecule has 1 rings (SSSR count). The van der Waals surface area contributed by atoms with Crippen LogP contribution in [0.4, 0.5) is 0 Å². The molecule has 0 saturated carbocycles. The summed E-state index contributed by atoms with van der Waals surface area (Å²) in [5, 5.41) is 0. The Bertz CT molecular complexity index is 473. The highest BCUT2D eigenvalue weighted by molar-refractivity contribution is 7.49. The summed E-state index contributed by atoms with van der Waals surface area (Å²) in [6.45, 7) is 3.26. The van der Waals surface area contributed by atoms with Gasteiger partial charge < -0.3 is 14.8 Å². The summed E-state index contributed by atoms with van der Waals surface area (Å²) in [5.74, 6) is -0.712. The van der Waals surface area contributed by atoms with Crippen LogP contribution in [0.15, 0.2) is 24.3 Å². The molecule has 106 valence electrons. The molecule has 1 unspecified atom stereocenters. The number of phosphoric acid groups is 1. The zero-order chi connectivity index (χ0) is 14.5. The van der Waals surface area contributed by atoms with Gasteiger partial charge in [0, 0.05) is 0 Å². The molecule has 1 aromatic carbocycles. The predicted molar refractivity (Wildman–Crippen MR) is 67.2 cm³/mol. The van der Waals surface area contributed by atoms with E-state index in [1.807, 2.05) is 6.92 Å². The number of hydrogen-bond acceptors (Lipinski definition) is 7. The zero-order valence-corrected chi connectivity index (χ0v) is 11.8. The molecule has 0 saturated heterocycles. The molecule has 0 spiro atoms. The van der Waals surface area contributed by atoms with Crippen LogP contribution in [0, 0.1) is 6.92 Å². The molecule has 0 aliphatic rings. The number of hydrogen-bond donors (Lipinski definition) is 1. The fraction of sp³-hybridized carbons (Fsp3) is 0.364. The van der Waals surface area contributed by atoms with E-state index in [0.29, 0.717) is 0 Å². The summed E-state index contributed by atoms with van der Waals surface area (Å²) in [6, 6.07) is 5.62. The van der Waals surface area contributed by atoms with Crippen molar-refractivity contribution in [2.24, 2.45) is 5.73 Å². The van der Waals surface area contributed by atoms with Crippen LogP contribution < -0.4 is 10.3 Å². The van der Waals surface area contributed by atoms with Gasteiger partial charge in [-0.1, -0.05) is 17.7 Å². The topological polar surface area (TPSA) is 97.1 Å². The van der Waals surface area contributed by atoms with Crippen molar-refractivity contribution < 1.29 is 28.0 Å². The first-order valence-electron chi connectivity index (χ1n) is 5.44. The highest BCUT2D eigenvalue weighted by Crippen LogP contribution is 2.49. The van der Waals surface area contributed by atoms with Crippen molar-refractivity contribution in [1.82, 2.24) is 0 Å². The van der Waals surface area contributed by atoms with Gasteiger partial charge in [0.05, 0.1) is 7.11 Å². The molecular weight excluding hydrogens is 273 g/mol. The summed E-state index contributed by atoms with van der Waals surface area (Å²) >= 11 is 0. The summed E-state index contributed by atoms with van der Waals surface area (Å²) in [6.07, 6.45) is 0. The number of carbonyl (C=O) groups excluding carboxylic acids is 1. The van der Waals surface area contributed by atoms with E-state index in [9.17, 15) is 9.36 Å². The van der Waals surface area contributed by atoms with Gasteiger partial charge in [0.15, 0.2) is 0 Å². The Hall–Kier alpha value is -1.40. The SMILES string of the molecule is COOP(=O)(OC(=O)[C@H](C)N)Oc1ccc(C)cc1. The third-order valence-electron chi connectivity index (χ3n) is 1.98. The molecule has 2 N–H and O–H groups in total. The minimum Gasteiger partial charge on any atom is -0.394 e. The number of carbonyl (C=O) groups is 1. The monoisotopic (exact) mass is 289 g/mol. The normalized spacial score (nSPS) is 15.4. The lowest BCUT2D eigenvalue weighted by Gasteiger charge is -2.16. The van der Waals surface area contributed by atoms with E-state index in [2.05, 4.69) is 14.1 Å². The number of rotatable bonds is 6. The van der Waals surface area contributed by atoms with E-state index in [4.69, 9.17) is 10.3 Å². The van der Waals surface area contributed by atoms with E-state index in [1.165, 1.54) is 6.92 Å². The van der Waals surface area contributed by atoms with Crippen molar-refractivity contribution in [2.45, 2.75) is 19.9 Å². The van der Waals surface area contributed by atoms with Crippen LogP contribution in [0.1, 0.15) is 12.5 Å². The zero-order valence-electron chi connectivity index (χ0n) is 10.9. The van der Waals surface area contributed by atoms with Gasteiger partial charge in [0.25, 0.3) is 0 Å². The molecule has 7 nitrogen and oxygen atoms in total. The molecule has 0 bridgehead atoms. The van der Waals surface area contributed by atoms with Gasteiger partial charge in [0.2, 0.25) is 0 Å². The van der Waals surface area contributed by atoms with E-state index < -0.39 is 19.8 Å². The minimum atomic E-state index is -4.22. The molecule has 0 aliphatic heterocycles. The average Bonchev–Trinajstić information content (AvgIpc) is 2.32. The molecule has 0 fully saturated rings. The van der Waals surface area contributed by atoms with Crippen LogP contribution in [0.3, 0.4) is 0 Å². The number of phosphoric ester groups is 1. The molecule has 0 aliphatic carbocycles. The first-order chi connectivity index (χ1) is 8.86. The smallest absolute Gasteiger partial charge is 0.394 e. The molecule has 0 aromatic heterocycles. The molecular formula is C11H16NO6P. The Morgan fingerprint density at radius 1 is 1.32 bits per heavy atom. The second-order valence-electron chi connectivity index (χ2n) is 3.79. The van der Waals surface area contributed by atoms with Gasteiger partial charge >= 0.3 is 13.8 Å². The van der Waals surface area contributed by atoms with Crippen LogP contribution in [-0.4, -0.2) is 19.1 Å². The van der Waals surface area contributed by atoms with E-state index in [1.54, 1.807) is 24.3 Å². The first-order valence-corrected chi connectivity index (χ1v) is 6.90. The minimum absolute atomic E-state index is 0.212. The first kappa shape index (κ1) is 15.7. The van der Waals surface area contributed by atoms with Crippen LogP contribution in [-0.2, 0) is 23.4 Å². The fourth-order valence-electron chi connectivity index (χ4n) is 1.06. The van der Waals surface area contributed by atoms with Crippen molar-refractivity contribution in [1.29, 1.82) is 0 Å². The van der Waals surface area contributed by atoms with Crippen molar-refractivity contribution >= 4 is 13.8 Å². The second kappa shape index (κ2) is 6.68. The largest absolute Gasteiger partial charge is 0.618 e. The summed E-state index contributed by atoms with van der Waals surface area (Å²) in [5.41, 5.74) is 6.29. The Morgan fingerprint density at radius 3 is 2.37 bits per heavy atom. The summed E-state index contributed by atoms with van der Waals surface area (Å²) in [4.78, 5) is 15.6. The summed E-state index contributed by atoms with van der Waals surface area (Å²) in [7, 11) is -3.10. The molecule has 19 heavy (non-hydrogen) atoms. The maximum absolute atomic E-state index is 12.1. The van der Waals surface area contributed by atoms with E-state index >= 15 is 0 Å². The Balaban J connectivity index is 2.84. The molecule has 0 heterocycles. The summed E-state index contributed by atoms with van der Waals surface area (Å²) < 4.78 is 26.2. The van der Waals surface area contributed by atoms with Crippen molar-refractivity contribution in [2.75, 3.05) is 7.11 Å². The van der Waals surface area contributed by atoms with Crippen LogP contribution in [0.25, 0.3) is 0 Å². The maximum atomic E-state index is 12.1. The van der Waals surface area contributed by atoms with Crippen molar-refractivity contribution in [3.63, 3.8) is 0 Å². The van der Waals surface area contributed by atoms with E-state index in [0.717, 1.165) is 12.7 Å². The van der Waals surface area contributed by atoms with E-state index in [-0.39, 0.29) is 5.75 Å². The van der Waals surface area contributed by atoms with Crippen molar-refractivity contribution in [3.8, 4) is 5.75 Å².